The summed E-state index contributed by atoms with van der Waals surface area (Å²) in [5, 5.41) is 4.11. The quantitative estimate of drug-likeness (QED) is 0.875. The van der Waals surface area contributed by atoms with Gasteiger partial charge < -0.3 is 10.1 Å². The van der Waals surface area contributed by atoms with E-state index in [1.807, 2.05) is 36.4 Å². The van der Waals surface area contributed by atoms with E-state index in [4.69, 9.17) is 27.9 Å². The predicted molar refractivity (Wildman–Crippen MR) is 88.9 cm³/mol. The summed E-state index contributed by atoms with van der Waals surface area (Å²) in [6.45, 7) is 0. The van der Waals surface area contributed by atoms with Gasteiger partial charge in [-0.05, 0) is 48.2 Å². The molecular weight excluding hydrogens is 321 g/mol. The van der Waals surface area contributed by atoms with Gasteiger partial charge in [0.05, 0.1) is 12.8 Å². The predicted octanol–water partition coefficient (Wildman–Crippen LogP) is 4.74. The number of benzene rings is 2. The largest absolute Gasteiger partial charge is 0.495 e. The Bertz CT molecular complexity index is 697. The molecule has 0 aliphatic heterocycles. The van der Waals surface area contributed by atoms with Crippen molar-refractivity contribution in [2.24, 2.45) is 5.92 Å². The molecule has 3 rings (SSSR count). The first kappa shape index (κ1) is 15.2. The molecule has 114 valence electrons. The smallest absolute Gasteiger partial charge is 0.228 e. The Kier molecular flexibility index (Phi) is 4.27. The zero-order valence-electron chi connectivity index (χ0n) is 12.0. The van der Waals surface area contributed by atoms with Gasteiger partial charge in [0.1, 0.15) is 5.75 Å². The highest BCUT2D eigenvalue weighted by molar-refractivity contribution is 6.34. The van der Waals surface area contributed by atoms with Crippen molar-refractivity contribution in [3.05, 3.63) is 58.1 Å². The summed E-state index contributed by atoms with van der Waals surface area (Å²) in [7, 11) is 1.58. The number of halogens is 2. The summed E-state index contributed by atoms with van der Waals surface area (Å²) in [5.41, 5.74) is 1.70. The van der Waals surface area contributed by atoms with Gasteiger partial charge in [-0.3, -0.25) is 4.79 Å². The van der Waals surface area contributed by atoms with Crippen LogP contribution in [0.4, 0.5) is 5.69 Å². The highest BCUT2D eigenvalue weighted by Gasteiger charge is 2.44. The molecule has 1 aliphatic carbocycles. The van der Waals surface area contributed by atoms with Crippen LogP contribution in [0.3, 0.4) is 0 Å². The van der Waals surface area contributed by atoms with Gasteiger partial charge in [0.15, 0.2) is 0 Å². The Hall–Kier alpha value is -1.71. The molecule has 0 bridgehead atoms. The first-order chi connectivity index (χ1) is 10.6. The van der Waals surface area contributed by atoms with Gasteiger partial charge in [-0.2, -0.15) is 0 Å². The van der Waals surface area contributed by atoms with Gasteiger partial charge in [-0.25, -0.2) is 0 Å². The highest BCUT2D eigenvalue weighted by Crippen LogP contribution is 2.49. The summed E-state index contributed by atoms with van der Waals surface area (Å²) in [6, 6.07) is 12.8. The molecule has 0 aromatic heterocycles. The molecule has 0 saturated heterocycles. The van der Waals surface area contributed by atoms with Crippen molar-refractivity contribution < 1.29 is 9.53 Å². The van der Waals surface area contributed by atoms with Gasteiger partial charge in [0.25, 0.3) is 0 Å². The average Bonchev–Trinajstić information content (AvgIpc) is 3.27. The van der Waals surface area contributed by atoms with Gasteiger partial charge in [-0.15, -0.1) is 0 Å². The Morgan fingerprint density at radius 3 is 2.55 bits per heavy atom. The standard InChI is InChI=1S/C17H15Cl2NO2/c1-22-16-5-3-2-4-15(16)20-17(21)14-9-13(14)10-6-11(18)8-12(19)7-10/h2-8,13-14H,9H2,1H3,(H,20,21)/t13-,14-/m0/s1. The Morgan fingerprint density at radius 1 is 1.18 bits per heavy atom. The van der Waals surface area contributed by atoms with Crippen LogP contribution in [0.1, 0.15) is 17.9 Å². The van der Waals surface area contributed by atoms with Crippen LogP contribution >= 0.6 is 23.2 Å². The van der Waals surface area contributed by atoms with Crippen LogP contribution in [0.25, 0.3) is 0 Å². The third-order valence-electron chi connectivity index (χ3n) is 3.81. The molecule has 2 aromatic rings. The number of carbonyl (C=O) groups excluding carboxylic acids is 1. The monoisotopic (exact) mass is 335 g/mol. The van der Waals surface area contributed by atoms with Gasteiger partial charge >= 0.3 is 0 Å². The average molecular weight is 336 g/mol. The van der Waals surface area contributed by atoms with Crippen LogP contribution in [0, 0.1) is 5.92 Å². The van der Waals surface area contributed by atoms with E-state index in [-0.39, 0.29) is 17.7 Å². The second kappa shape index (κ2) is 6.19. The number of amides is 1. The minimum Gasteiger partial charge on any atom is -0.495 e. The maximum Gasteiger partial charge on any atom is 0.228 e. The van der Waals surface area contributed by atoms with E-state index in [2.05, 4.69) is 5.32 Å². The molecule has 0 unspecified atom stereocenters. The third kappa shape index (κ3) is 3.21. The van der Waals surface area contributed by atoms with Gasteiger partial charge in [0, 0.05) is 16.0 Å². The van der Waals surface area contributed by atoms with E-state index in [9.17, 15) is 4.79 Å². The van der Waals surface area contributed by atoms with Crippen LogP contribution in [-0.2, 0) is 4.79 Å². The molecule has 1 N–H and O–H groups in total. The summed E-state index contributed by atoms with van der Waals surface area (Å²) >= 11 is 12.0. The number of anilines is 1. The van der Waals surface area contributed by atoms with Crippen molar-refractivity contribution in [3.63, 3.8) is 0 Å². The molecule has 0 spiro atoms. The third-order valence-corrected chi connectivity index (χ3v) is 4.24. The SMILES string of the molecule is COc1ccccc1NC(=O)[C@H]1C[C@H]1c1cc(Cl)cc(Cl)c1. The summed E-state index contributed by atoms with van der Waals surface area (Å²) in [5.74, 6) is 0.759. The van der Waals surface area contributed by atoms with Crippen molar-refractivity contribution in [1.82, 2.24) is 0 Å². The number of carbonyl (C=O) groups is 1. The van der Waals surface area contributed by atoms with E-state index in [0.29, 0.717) is 21.5 Å². The van der Waals surface area contributed by atoms with Crippen LogP contribution in [0.5, 0.6) is 5.75 Å². The highest BCUT2D eigenvalue weighted by atomic mass is 35.5. The number of hydrogen-bond acceptors (Lipinski definition) is 2. The van der Waals surface area contributed by atoms with Crippen molar-refractivity contribution >= 4 is 34.8 Å². The molecule has 1 aliphatic rings. The molecular formula is C17H15Cl2NO2. The van der Waals surface area contributed by atoms with Crippen molar-refractivity contribution in [3.8, 4) is 5.75 Å². The molecule has 3 nitrogen and oxygen atoms in total. The van der Waals surface area contributed by atoms with E-state index in [1.54, 1.807) is 13.2 Å². The maximum atomic E-state index is 12.4. The van der Waals surface area contributed by atoms with E-state index in [1.165, 1.54) is 0 Å². The zero-order valence-corrected chi connectivity index (χ0v) is 13.5. The summed E-state index contributed by atoms with van der Waals surface area (Å²) < 4.78 is 5.24. The minimum absolute atomic E-state index is 0.00871. The number of ether oxygens (including phenoxy) is 1. The van der Waals surface area contributed by atoms with Crippen LogP contribution in [0.15, 0.2) is 42.5 Å². The normalized spacial score (nSPS) is 19.6. The van der Waals surface area contributed by atoms with Crippen LogP contribution in [0.2, 0.25) is 10.0 Å². The second-order valence-corrected chi connectivity index (χ2v) is 6.21. The molecule has 0 radical (unpaired) electrons. The van der Waals surface area contributed by atoms with Crippen molar-refractivity contribution in [1.29, 1.82) is 0 Å². The van der Waals surface area contributed by atoms with Crippen molar-refractivity contribution in [2.45, 2.75) is 12.3 Å². The van der Waals surface area contributed by atoms with E-state index < -0.39 is 0 Å². The lowest BCUT2D eigenvalue weighted by molar-refractivity contribution is -0.117. The fourth-order valence-electron chi connectivity index (χ4n) is 2.62. The fraction of sp³-hybridized carbons (Fsp3) is 0.235. The lowest BCUT2D eigenvalue weighted by Gasteiger charge is -2.09. The maximum absolute atomic E-state index is 12.4. The first-order valence-corrected chi connectivity index (χ1v) is 7.74. The molecule has 22 heavy (non-hydrogen) atoms. The van der Waals surface area contributed by atoms with E-state index >= 15 is 0 Å². The Morgan fingerprint density at radius 2 is 1.86 bits per heavy atom. The molecule has 1 saturated carbocycles. The number of rotatable bonds is 4. The zero-order chi connectivity index (χ0) is 15.7. The lowest BCUT2D eigenvalue weighted by Crippen LogP contribution is -2.15. The molecule has 2 aromatic carbocycles. The fourth-order valence-corrected chi connectivity index (χ4v) is 3.16. The first-order valence-electron chi connectivity index (χ1n) is 6.98. The lowest BCUT2D eigenvalue weighted by atomic mass is 10.1. The van der Waals surface area contributed by atoms with Crippen molar-refractivity contribution in [2.75, 3.05) is 12.4 Å². The van der Waals surface area contributed by atoms with Gasteiger partial charge in [0.2, 0.25) is 5.91 Å². The second-order valence-electron chi connectivity index (χ2n) is 5.34. The molecule has 0 heterocycles. The number of hydrogen-bond donors (Lipinski definition) is 1. The van der Waals surface area contributed by atoms with Crippen LogP contribution in [-0.4, -0.2) is 13.0 Å². The summed E-state index contributed by atoms with van der Waals surface area (Å²) in [6.07, 6.45) is 0.803. The number of nitrogens with one attached hydrogen (secondary N) is 1. The molecule has 5 heteroatoms. The number of para-hydroxylation sites is 2. The van der Waals surface area contributed by atoms with Gasteiger partial charge in [-0.1, -0.05) is 35.3 Å². The molecule has 1 amide bonds. The minimum atomic E-state index is -0.0561. The topological polar surface area (TPSA) is 38.3 Å². The molecule has 1 fully saturated rings. The Labute approximate surface area is 139 Å². The Balaban J connectivity index is 1.70. The number of methoxy groups -OCH3 is 1. The summed E-state index contributed by atoms with van der Waals surface area (Å²) in [4.78, 5) is 12.4. The van der Waals surface area contributed by atoms with E-state index in [0.717, 1.165) is 12.0 Å². The molecule has 2 atom stereocenters. The van der Waals surface area contributed by atoms with Crippen LogP contribution < -0.4 is 10.1 Å².